The fourth-order valence-corrected chi connectivity index (χ4v) is 2.40. The summed E-state index contributed by atoms with van der Waals surface area (Å²) in [5, 5.41) is 5.28. The van der Waals surface area contributed by atoms with Crippen LogP contribution in [0.2, 0.25) is 0 Å². The lowest BCUT2D eigenvalue weighted by Crippen LogP contribution is -2.38. The topological polar surface area (TPSA) is 76.0 Å². The third-order valence-corrected chi connectivity index (χ3v) is 3.59. The summed E-state index contributed by atoms with van der Waals surface area (Å²) < 4.78 is 1.92. The van der Waals surface area contributed by atoms with Gasteiger partial charge in [0.25, 0.3) is 0 Å². The molecule has 0 unspecified atom stereocenters. The number of hydrogen-bond donors (Lipinski definition) is 2. The molecule has 0 atom stereocenters. The molecule has 0 radical (unpaired) electrons. The van der Waals surface area contributed by atoms with Crippen molar-refractivity contribution >= 4 is 34.7 Å². The average molecular weight is 278 g/mol. The second-order valence-corrected chi connectivity index (χ2v) is 4.80. The highest BCUT2D eigenvalue weighted by Gasteiger charge is 2.11. The molecule has 2 aromatic rings. The number of aryl methyl sites for hydroxylation is 1. The lowest BCUT2D eigenvalue weighted by molar-refractivity contribution is -0.117. The summed E-state index contributed by atoms with van der Waals surface area (Å²) in [6, 6.07) is 7.25. The van der Waals surface area contributed by atoms with E-state index in [1.807, 2.05) is 35.9 Å². The Morgan fingerprint density at radius 3 is 2.79 bits per heavy atom. The van der Waals surface area contributed by atoms with Crippen molar-refractivity contribution in [3.8, 4) is 0 Å². The predicted octanol–water partition coefficient (Wildman–Crippen LogP) is 1.12. The largest absolute Gasteiger partial charge is 0.341 e. The minimum atomic E-state index is -0.504. The van der Waals surface area contributed by atoms with Crippen LogP contribution in [0.1, 0.15) is 0 Å². The van der Waals surface area contributed by atoms with Gasteiger partial charge in [-0.2, -0.15) is 0 Å². The molecule has 1 aromatic heterocycles. The van der Waals surface area contributed by atoms with Crippen LogP contribution in [0.15, 0.2) is 29.4 Å². The van der Waals surface area contributed by atoms with Crippen LogP contribution in [-0.4, -0.2) is 34.3 Å². The molecule has 3 amide bonds. The molecule has 0 aliphatic carbocycles. The molecule has 1 aromatic carbocycles. The van der Waals surface area contributed by atoms with Crippen molar-refractivity contribution in [1.29, 1.82) is 0 Å². The Morgan fingerprint density at radius 1 is 1.37 bits per heavy atom. The van der Waals surface area contributed by atoms with Gasteiger partial charge in [0.2, 0.25) is 5.91 Å². The van der Waals surface area contributed by atoms with E-state index in [2.05, 4.69) is 15.6 Å². The Hall–Kier alpha value is -2.02. The number of carbonyl (C=O) groups excluding carboxylic acids is 2. The monoisotopic (exact) mass is 278 g/mol. The summed E-state index contributed by atoms with van der Waals surface area (Å²) in [6.07, 6.45) is 0. The number of urea groups is 1. The van der Waals surface area contributed by atoms with Gasteiger partial charge in [-0.3, -0.25) is 10.1 Å². The number of hydrogen-bond acceptors (Lipinski definition) is 4. The van der Waals surface area contributed by atoms with E-state index in [-0.39, 0.29) is 11.7 Å². The maximum atomic E-state index is 11.5. The molecule has 19 heavy (non-hydrogen) atoms. The molecule has 0 aliphatic rings. The minimum absolute atomic E-state index is 0.143. The average Bonchev–Trinajstić information content (AvgIpc) is 2.73. The number of para-hydroxylation sites is 2. The molecule has 0 fully saturated rings. The van der Waals surface area contributed by atoms with Crippen LogP contribution in [0.4, 0.5) is 4.79 Å². The summed E-state index contributed by atoms with van der Waals surface area (Å²) in [4.78, 5) is 26.9. The number of carbonyl (C=O) groups is 2. The molecule has 6 nitrogen and oxygen atoms in total. The van der Waals surface area contributed by atoms with E-state index in [1.165, 1.54) is 18.8 Å². The van der Waals surface area contributed by atoms with Gasteiger partial charge < -0.3 is 9.88 Å². The quantitative estimate of drug-likeness (QED) is 0.825. The minimum Gasteiger partial charge on any atom is -0.341 e. The van der Waals surface area contributed by atoms with Crippen molar-refractivity contribution in [2.75, 3.05) is 12.8 Å². The van der Waals surface area contributed by atoms with E-state index in [9.17, 15) is 9.59 Å². The van der Waals surface area contributed by atoms with Crippen LogP contribution in [0.25, 0.3) is 11.0 Å². The number of aromatic nitrogens is 2. The highest BCUT2D eigenvalue weighted by molar-refractivity contribution is 7.99. The van der Waals surface area contributed by atoms with Gasteiger partial charge in [0.15, 0.2) is 5.16 Å². The Kier molecular flexibility index (Phi) is 4.06. The molecule has 100 valence electrons. The Balaban J connectivity index is 2.04. The summed E-state index contributed by atoms with van der Waals surface area (Å²) in [5.41, 5.74) is 1.90. The molecular weight excluding hydrogens is 264 g/mol. The third kappa shape index (κ3) is 3.05. The van der Waals surface area contributed by atoms with Crippen molar-refractivity contribution in [2.45, 2.75) is 5.16 Å². The lowest BCUT2D eigenvalue weighted by atomic mass is 10.3. The van der Waals surface area contributed by atoms with E-state index < -0.39 is 6.03 Å². The van der Waals surface area contributed by atoms with E-state index >= 15 is 0 Å². The van der Waals surface area contributed by atoms with Gasteiger partial charge in [0, 0.05) is 14.1 Å². The zero-order valence-corrected chi connectivity index (χ0v) is 11.5. The first-order valence-electron chi connectivity index (χ1n) is 5.67. The van der Waals surface area contributed by atoms with Crippen LogP contribution < -0.4 is 10.6 Å². The molecular formula is C12H14N4O2S. The lowest BCUT2D eigenvalue weighted by Gasteiger charge is -2.03. The van der Waals surface area contributed by atoms with E-state index in [0.717, 1.165) is 16.2 Å². The van der Waals surface area contributed by atoms with Crippen LogP contribution in [0, 0.1) is 0 Å². The third-order valence-electron chi connectivity index (χ3n) is 2.56. The van der Waals surface area contributed by atoms with Crippen LogP contribution in [0.3, 0.4) is 0 Å². The zero-order chi connectivity index (χ0) is 13.8. The van der Waals surface area contributed by atoms with Gasteiger partial charge in [0.1, 0.15) is 0 Å². The summed E-state index contributed by atoms with van der Waals surface area (Å²) in [7, 11) is 3.36. The molecule has 0 spiro atoms. The Labute approximate surface area is 114 Å². The van der Waals surface area contributed by atoms with Crippen molar-refractivity contribution in [3.05, 3.63) is 24.3 Å². The number of fused-ring (bicyclic) bond motifs is 1. The number of thioether (sulfide) groups is 1. The maximum Gasteiger partial charge on any atom is 0.321 e. The second-order valence-electron chi connectivity index (χ2n) is 3.86. The van der Waals surface area contributed by atoms with E-state index in [1.54, 1.807) is 0 Å². The van der Waals surface area contributed by atoms with Crippen molar-refractivity contribution in [3.63, 3.8) is 0 Å². The van der Waals surface area contributed by atoms with Gasteiger partial charge in [-0.1, -0.05) is 23.9 Å². The predicted molar refractivity (Wildman–Crippen MR) is 74.0 cm³/mol. The molecule has 7 heteroatoms. The molecule has 2 N–H and O–H groups in total. The molecule has 2 rings (SSSR count). The standard InChI is InChI=1S/C12H14N4O2S/c1-13-11(18)15-10(17)7-19-12-14-8-5-3-4-6-9(8)16(12)2/h3-6H,7H2,1-2H3,(H2,13,15,17,18). The molecule has 0 saturated carbocycles. The number of nitrogens with one attached hydrogen (secondary N) is 2. The van der Waals surface area contributed by atoms with Gasteiger partial charge in [-0.05, 0) is 12.1 Å². The summed E-state index contributed by atoms with van der Waals surface area (Å²) in [6.45, 7) is 0. The molecule has 0 bridgehead atoms. The first-order chi connectivity index (χ1) is 9.11. The van der Waals surface area contributed by atoms with Gasteiger partial charge in [-0.15, -0.1) is 0 Å². The van der Waals surface area contributed by atoms with Gasteiger partial charge in [-0.25, -0.2) is 9.78 Å². The first-order valence-corrected chi connectivity index (χ1v) is 6.66. The normalized spacial score (nSPS) is 10.4. The highest BCUT2D eigenvalue weighted by Crippen LogP contribution is 2.22. The van der Waals surface area contributed by atoms with Crippen molar-refractivity contribution in [1.82, 2.24) is 20.2 Å². The van der Waals surface area contributed by atoms with Crippen molar-refractivity contribution < 1.29 is 9.59 Å². The fourth-order valence-electron chi connectivity index (χ4n) is 1.61. The summed E-state index contributed by atoms with van der Waals surface area (Å²) >= 11 is 1.29. The second kappa shape index (κ2) is 5.75. The molecule has 0 saturated heterocycles. The number of imide groups is 1. The van der Waals surface area contributed by atoms with Crippen LogP contribution in [0.5, 0.6) is 0 Å². The van der Waals surface area contributed by atoms with Crippen molar-refractivity contribution in [2.24, 2.45) is 7.05 Å². The van der Waals surface area contributed by atoms with Gasteiger partial charge in [0.05, 0.1) is 16.8 Å². The maximum absolute atomic E-state index is 11.5. The highest BCUT2D eigenvalue weighted by atomic mass is 32.2. The van der Waals surface area contributed by atoms with E-state index in [4.69, 9.17) is 0 Å². The first kappa shape index (κ1) is 13.4. The van der Waals surface area contributed by atoms with E-state index in [0.29, 0.717) is 0 Å². The van der Waals surface area contributed by atoms with Gasteiger partial charge >= 0.3 is 6.03 Å². The van der Waals surface area contributed by atoms with Crippen LogP contribution >= 0.6 is 11.8 Å². The number of rotatable bonds is 3. The zero-order valence-electron chi connectivity index (χ0n) is 10.6. The Bertz CT molecular complexity index is 623. The number of amides is 3. The SMILES string of the molecule is CNC(=O)NC(=O)CSc1nc2ccccc2n1C. The number of imidazole rings is 1. The van der Waals surface area contributed by atoms with Crippen LogP contribution in [-0.2, 0) is 11.8 Å². The molecule has 1 heterocycles. The summed E-state index contributed by atoms with van der Waals surface area (Å²) in [5.74, 6) is -0.207. The number of benzene rings is 1. The number of nitrogens with zero attached hydrogens (tertiary/aromatic N) is 2. The molecule has 0 aliphatic heterocycles. The smallest absolute Gasteiger partial charge is 0.321 e. The Morgan fingerprint density at radius 2 is 2.11 bits per heavy atom. The fraction of sp³-hybridized carbons (Fsp3) is 0.250.